The first kappa shape index (κ1) is 33.3. The summed E-state index contributed by atoms with van der Waals surface area (Å²) in [6, 6.07) is 27.6. The molecule has 4 aromatic rings. The van der Waals surface area contributed by atoms with Gasteiger partial charge >= 0.3 is 6.18 Å². The maximum Gasteiger partial charge on any atom is 0.416 e. The second-order valence-corrected chi connectivity index (χ2v) is 12.6. The summed E-state index contributed by atoms with van der Waals surface area (Å²) in [6.45, 7) is 2.65. The van der Waals surface area contributed by atoms with Gasteiger partial charge in [0.05, 0.1) is 16.1 Å². The van der Waals surface area contributed by atoms with Crippen LogP contribution in [0.25, 0.3) is 0 Å². The van der Waals surface area contributed by atoms with Gasteiger partial charge in [-0.1, -0.05) is 84.9 Å². The van der Waals surface area contributed by atoms with Crippen LogP contribution in [0.1, 0.15) is 30.5 Å². The van der Waals surface area contributed by atoms with Gasteiger partial charge in [-0.25, -0.2) is 8.42 Å². The SMILES string of the molecule is CC(C)NC(=O)[C@@H](Cc1ccccc1)N(Cc1ccccc1)C(=O)CN(c1cccc(C(F)(F)F)c1)S(=O)(=O)c1ccccc1. The Hall–Kier alpha value is -4.64. The number of carbonyl (C=O) groups is 2. The van der Waals surface area contributed by atoms with E-state index in [1.807, 2.05) is 18.2 Å². The van der Waals surface area contributed by atoms with E-state index in [1.165, 1.54) is 35.2 Å². The number of halogens is 3. The molecule has 0 saturated carbocycles. The van der Waals surface area contributed by atoms with Crippen molar-refractivity contribution < 1.29 is 31.2 Å². The van der Waals surface area contributed by atoms with Crippen LogP contribution < -0.4 is 9.62 Å². The molecule has 0 aromatic heterocycles. The summed E-state index contributed by atoms with van der Waals surface area (Å²) >= 11 is 0. The van der Waals surface area contributed by atoms with Crippen molar-refractivity contribution in [2.24, 2.45) is 0 Å². The molecule has 0 saturated heterocycles. The summed E-state index contributed by atoms with van der Waals surface area (Å²) in [5.41, 5.74) is 0.0322. The van der Waals surface area contributed by atoms with Crippen molar-refractivity contribution in [3.05, 3.63) is 132 Å². The molecular formula is C34H34F3N3O4S. The lowest BCUT2D eigenvalue weighted by molar-refractivity contribution is -0.140. The number of amides is 2. The van der Waals surface area contributed by atoms with Gasteiger partial charge in [-0.3, -0.25) is 13.9 Å². The minimum absolute atomic E-state index is 0.0511. The Kier molecular flexibility index (Phi) is 10.7. The maximum absolute atomic E-state index is 14.3. The normalized spacial score (nSPS) is 12.4. The highest BCUT2D eigenvalue weighted by Crippen LogP contribution is 2.33. The van der Waals surface area contributed by atoms with Crippen molar-refractivity contribution in [2.75, 3.05) is 10.8 Å². The quantitative estimate of drug-likeness (QED) is 0.205. The van der Waals surface area contributed by atoms with E-state index in [1.54, 1.807) is 62.4 Å². The number of nitrogens with one attached hydrogen (secondary N) is 1. The first-order valence-electron chi connectivity index (χ1n) is 14.3. The maximum atomic E-state index is 14.3. The molecule has 0 unspecified atom stereocenters. The second kappa shape index (κ2) is 14.4. The van der Waals surface area contributed by atoms with Crippen LogP contribution in [-0.4, -0.2) is 43.8 Å². The number of hydrogen-bond donors (Lipinski definition) is 1. The number of nitrogens with zero attached hydrogens (tertiary/aromatic N) is 2. The highest BCUT2D eigenvalue weighted by Gasteiger charge is 2.36. The lowest BCUT2D eigenvalue weighted by Gasteiger charge is -2.34. The Bertz CT molecular complexity index is 1680. The molecule has 4 aromatic carbocycles. The van der Waals surface area contributed by atoms with Crippen molar-refractivity contribution in [3.8, 4) is 0 Å². The minimum Gasteiger partial charge on any atom is -0.352 e. The average Bonchev–Trinajstić information content (AvgIpc) is 3.02. The van der Waals surface area contributed by atoms with Crippen LogP contribution >= 0.6 is 0 Å². The van der Waals surface area contributed by atoms with Crippen molar-refractivity contribution in [2.45, 2.75) is 50.0 Å². The van der Waals surface area contributed by atoms with E-state index in [0.717, 1.165) is 17.7 Å². The number of alkyl halides is 3. The van der Waals surface area contributed by atoms with E-state index in [4.69, 9.17) is 0 Å². The van der Waals surface area contributed by atoms with Gasteiger partial charge in [-0.2, -0.15) is 13.2 Å². The molecule has 11 heteroatoms. The number of sulfonamides is 1. The molecule has 4 rings (SSSR count). The van der Waals surface area contributed by atoms with Crippen molar-refractivity contribution >= 4 is 27.5 Å². The lowest BCUT2D eigenvalue weighted by atomic mass is 10.0. The molecule has 45 heavy (non-hydrogen) atoms. The molecule has 0 radical (unpaired) electrons. The largest absolute Gasteiger partial charge is 0.416 e. The Morgan fingerprint density at radius 2 is 1.33 bits per heavy atom. The predicted octanol–water partition coefficient (Wildman–Crippen LogP) is 6.07. The number of anilines is 1. The van der Waals surface area contributed by atoms with Crippen LogP contribution in [0.5, 0.6) is 0 Å². The fraction of sp³-hybridized carbons (Fsp3) is 0.235. The fourth-order valence-electron chi connectivity index (χ4n) is 4.80. The molecule has 1 atom stereocenters. The Labute approximate surface area is 261 Å². The third kappa shape index (κ3) is 8.72. The van der Waals surface area contributed by atoms with E-state index >= 15 is 0 Å². The zero-order valence-electron chi connectivity index (χ0n) is 24.8. The second-order valence-electron chi connectivity index (χ2n) is 10.7. The Morgan fingerprint density at radius 1 is 0.778 bits per heavy atom. The number of benzene rings is 4. The first-order valence-corrected chi connectivity index (χ1v) is 15.7. The average molecular weight is 638 g/mol. The summed E-state index contributed by atoms with van der Waals surface area (Å²) in [5, 5.41) is 2.86. The molecule has 2 amide bonds. The van der Waals surface area contributed by atoms with E-state index < -0.39 is 46.2 Å². The highest BCUT2D eigenvalue weighted by atomic mass is 32.2. The molecule has 0 bridgehead atoms. The van der Waals surface area contributed by atoms with Gasteiger partial charge < -0.3 is 10.2 Å². The number of hydrogen-bond acceptors (Lipinski definition) is 4. The molecule has 0 fully saturated rings. The third-order valence-electron chi connectivity index (χ3n) is 6.97. The zero-order valence-corrected chi connectivity index (χ0v) is 25.6. The monoisotopic (exact) mass is 637 g/mol. The van der Waals surface area contributed by atoms with Crippen LogP contribution in [-0.2, 0) is 38.8 Å². The fourth-order valence-corrected chi connectivity index (χ4v) is 6.23. The number of rotatable bonds is 12. The van der Waals surface area contributed by atoms with Crippen LogP contribution in [0.4, 0.5) is 18.9 Å². The topological polar surface area (TPSA) is 86.8 Å². The summed E-state index contributed by atoms with van der Waals surface area (Å²) < 4.78 is 69.7. The molecule has 1 N–H and O–H groups in total. The van der Waals surface area contributed by atoms with Gasteiger partial charge in [0.2, 0.25) is 11.8 Å². The van der Waals surface area contributed by atoms with E-state index in [9.17, 15) is 31.2 Å². The van der Waals surface area contributed by atoms with Gasteiger partial charge in [0, 0.05) is 19.0 Å². The van der Waals surface area contributed by atoms with Crippen LogP contribution in [0.15, 0.2) is 120 Å². The Morgan fingerprint density at radius 3 is 1.89 bits per heavy atom. The molecule has 0 spiro atoms. The summed E-state index contributed by atoms with van der Waals surface area (Å²) in [4.78, 5) is 29.1. The molecular weight excluding hydrogens is 603 g/mol. The van der Waals surface area contributed by atoms with Gasteiger partial charge in [0.1, 0.15) is 12.6 Å². The highest BCUT2D eigenvalue weighted by molar-refractivity contribution is 7.92. The summed E-state index contributed by atoms with van der Waals surface area (Å²) in [7, 11) is -4.52. The molecule has 0 aliphatic rings. The molecule has 0 heterocycles. The minimum atomic E-state index is -4.75. The molecule has 7 nitrogen and oxygen atoms in total. The van der Waals surface area contributed by atoms with E-state index in [0.29, 0.717) is 15.9 Å². The smallest absolute Gasteiger partial charge is 0.352 e. The Balaban J connectivity index is 1.82. The van der Waals surface area contributed by atoms with E-state index in [-0.39, 0.29) is 29.6 Å². The lowest BCUT2D eigenvalue weighted by Crippen LogP contribution is -2.54. The van der Waals surface area contributed by atoms with Crippen LogP contribution in [0.2, 0.25) is 0 Å². The molecule has 0 aliphatic heterocycles. The van der Waals surface area contributed by atoms with Gasteiger partial charge in [0.25, 0.3) is 10.0 Å². The van der Waals surface area contributed by atoms with Crippen molar-refractivity contribution in [3.63, 3.8) is 0 Å². The zero-order chi connectivity index (χ0) is 32.6. The summed E-state index contributed by atoms with van der Waals surface area (Å²) in [5.74, 6) is -1.22. The molecule has 0 aliphatic carbocycles. The third-order valence-corrected chi connectivity index (χ3v) is 8.76. The standard InChI is InChI=1S/C34H34F3N3O4S/c1-25(2)38-33(42)31(21-26-13-6-3-7-14-26)39(23-27-15-8-4-9-16-27)32(41)24-40(45(43,44)30-19-10-5-11-20-30)29-18-12-17-28(22-29)34(35,36)37/h3-20,22,25,31H,21,23-24H2,1-2H3,(H,38,42)/t31-/m1/s1. The summed E-state index contributed by atoms with van der Waals surface area (Å²) in [6.07, 6.45) is -4.63. The first-order chi connectivity index (χ1) is 21.4. The number of carbonyl (C=O) groups excluding carboxylic acids is 2. The van der Waals surface area contributed by atoms with E-state index in [2.05, 4.69) is 5.32 Å². The van der Waals surface area contributed by atoms with Crippen LogP contribution in [0, 0.1) is 0 Å². The van der Waals surface area contributed by atoms with Gasteiger partial charge in [-0.05, 0) is 55.3 Å². The van der Waals surface area contributed by atoms with Gasteiger partial charge in [-0.15, -0.1) is 0 Å². The van der Waals surface area contributed by atoms with Crippen molar-refractivity contribution in [1.29, 1.82) is 0 Å². The van der Waals surface area contributed by atoms with Crippen molar-refractivity contribution in [1.82, 2.24) is 10.2 Å². The predicted molar refractivity (Wildman–Crippen MR) is 167 cm³/mol. The van der Waals surface area contributed by atoms with Crippen LogP contribution in [0.3, 0.4) is 0 Å². The molecule has 236 valence electrons. The van der Waals surface area contributed by atoms with Gasteiger partial charge in [0.15, 0.2) is 0 Å².